The van der Waals surface area contributed by atoms with E-state index in [1.165, 1.54) is 11.2 Å². The van der Waals surface area contributed by atoms with Gasteiger partial charge < -0.3 is 0 Å². The van der Waals surface area contributed by atoms with Gasteiger partial charge in [-0.05, 0) is 19.1 Å². The van der Waals surface area contributed by atoms with Gasteiger partial charge in [-0.1, -0.05) is 0 Å². The molecule has 2 saturated heterocycles. The van der Waals surface area contributed by atoms with Crippen LogP contribution in [0.1, 0.15) is 19.3 Å². The molecule has 0 amide bonds. The van der Waals surface area contributed by atoms with Crippen LogP contribution in [-0.4, -0.2) is 34.8 Å². The Labute approximate surface area is 96.8 Å². The Kier molecular flexibility index (Phi) is 2.87. The normalized spacial score (nSPS) is 39.7. The molecule has 0 aliphatic carbocycles. The van der Waals surface area contributed by atoms with Gasteiger partial charge >= 0.3 is 6.18 Å². The Morgan fingerprint density at radius 2 is 2.19 bits per heavy atom. The number of thioether (sulfide) groups is 1. The largest absolute Gasteiger partial charge is 0.416 e. The maximum absolute atomic E-state index is 13.2. The second-order valence-corrected chi connectivity index (χ2v) is 5.41. The SMILES string of the molecule is CS[C@@]1(C(F)(F)F)C[C@@H](C#N)[C@H]2CCCN21. The zero-order chi connectivity index (χ0) is 12.0. The van der Waals surface area contributed by atoms with E-state index < -0.39 is 17.0 Å². The summed E-state index contributed by atoms with van der Waals surface area (Å²) in [4.78, 5) is -0.319. The highest BCUT2D eigenvalue weighted by molar-refractivity contribution is 8.00. The van der Waals surface area contributed by atoms with E-state index in [9.17, 15) is 13.2 Å². The lowest BCUT2D eigenvalue weighted by Gasteiger charge is -2.38. The molecule has 2 fully saturated rings. The maximum Gasteiger partial charge on any atom is 0.416 e. The molecule has 16 heavy (non-hydrogen) atoms. The fraction of sp³-hybridized carbons (Fsp3) is 0.900. The third kappa shape index (κ3) is 1.45. The number of nitriles is 1. The van der Waals surface area contributed by atoms with E-state index in [4.69, 9.17) is 5.26 Å². The van der Waals surface area contributed by atoms with Crippen molar-refractivity contribution in [3.8, 4) is 6.07 Å². The fourth-order valence-corrected chi connectivity index (χ4v) is 3.98. The summed E-state index contributed by atoms with van der Waals surface area (Å²) in [6, 6.07) is 1.85. The van der Waals surface area contributed by atoms with Gasteiger partial charge in [0.1, 0.15) is 0 Å². The summed E-state index contributed by atoms with van der Waals surface area (Å²) < 4.78 is 39.6. The van der Waals surface area contributed by atoms with Crippen LogP contribution in [0.25, 0.3) is 0 Å². The summed E-state index contributed by atoms with van der Waals surface area (Å²) >= 11 is 0.832. The van der Waals surface area contributed by atoms with E-state index in [0.717, 1.165) is 24.6 Å². The molecule has 90 valence electrons. The Morgan fingerprint density at radius 3 is 2.69 bits per heavy atom. The zero-order valence-corrected chi connectivity index (χ0v) is 9.74. The lowest BCUT2D eigenvalue weighted by molar-refractivity contribution is -0.190. The zero-order valence-electron chi connectivity index (χ0n) is 8.92. The van der Waals surface area contributed by atoms with Crippen molar-refractivity contribution in [1.29, 1.82) is 5.26 Å². The summed E-state index contributed by atoms with van der Waals surface area (Å²) in [5.41, 5.74) is 0. The van der Waals surface area contributed by atoms with Crippen LogP contribution in [0, 0.1) is 17.2 Å². The van der Waals surface area contributed by atoms with Crippen LogP contribution >= 0.6 is 11.8 Å². The standard InChI is InChI=1S/C10H13F3N2S/c1-16-9(10(11,12)13)5-7(6-14)8-3-2-4-15(8)9/h7-8H,2-5H2,1H3/t7-,8+,9+/m0/s1. The van der Waals surface area contributed by atoms with Gasteiger partial charge in [-0.15, -0.1) is 11.8 Å². The second kappa shape index (κ2) is 3.81. The summed E-state index contributed by atoms with van der Waals surface area (Å²) in [5.74, 6) is -0.475. The van der Waals surface area contributed by atoms with Gasteiger partial charge in [0.15, 0.2) is 4.87 Å². The molecule has 0 unspecified atom stereocenters. The van der Waals surface area contributed by atoms with Crippen LogP contribution in [0.2, 0.25) is 0 Å². The van der Waals surface area contributed by atoms with Crippen LogP contribution in [0.4, 0.5) is 13.2 Å². The van der Waals surface area contributed by atoms with Crippen molar-refractivity contribution < 1.29 is 13.2 Å². The molecule has 3 atom stereocenters. The molecule has 2 nitrogen and oxygen atoms in total. The third-order valence-corrected chi connectivity index (χ3v) is 4.98. The van der Waals surface area contributed by atoms with Crippen molar-refractivity contribution in [3.05, 3.63) is 0 Å². The van der Waals surface area contributed by atoms with E-state index in [1.807, 2.05) is 6.07 Å². The minimum Gasteiger partial charge on any atom is -0.277 e. The van der Waals surface area contributed by atoms with Gasteiger partial charge in [0, 0.05) is 19.0 Å². The minimum absolute atomic E-state index is 0.0845. The lowest BCUT2D eigenvalue weighted by Crippen LogP contribution is -2.52. The Bertz CT molecular complexity index is 325. The fourth-order valence-electron chi connectivity index (χ4n) is 2.94. The van der Waals surface area contributed by atoms with Crippen molar-refractivity contribution in [2.75, 3.05) is 12.8 Å². The molecule has 2 aliphatic heterocycles. The molecule has 0 radical (unpaired) electrons. The summed E-state index contributed by atoms with van der Waals surface area (Å²) in [7, 11) is 0. The van der Waals surface area contributed by atoms with E-state index >= 15 is 0 Å². The number of halogens is 3. The van der Waals surface area contributed by atoms with Crippen molar-refractivity contribution in [3.63, 3.8) is 0 Å². The van der Waals surface area contributed by atoms with Gasteiger partial charge in [-0.2, -0.15) is 18.4 Å². The first-order valence-corrected chi connectivity index (χ1v) is 6.47. The minimum atomic E-state index is -4.26. The van der Waals surface area contributed by atoms with Crippen LogP contribution in [0.3, 0.4) is 0 Å². The highest BCUT2D eigenvalue weighted by atomic mass is 32.2. The first-order chi connectivity index (χ1) is 7.46. The van der Waals surface area contributed by atoms with Gasteiger partial charge in [-0.3, -0.25) is 4.90 Å². The molecular formula is C10H13F3N2S. The van der Waals surface area contributed by atoms with Crippen molar-refractivity contribution >= 4 is 11.8 Å². The van der Waals surface area contributed by atoms with E-state index in [1.54, 1.807) is 0 Å². The number of fused-ring (bicyclic) bond motifs is 1. The molecule has 0 aromatic rings. The molecular weight excluding hydrogens is 237 g/mol. The number of alkyl halides is 3. The molecule has 6 heteroatoms. The number of hydrogen-bond donors (Lipinski definition) is 0. The van der Waals surface area contributed by atoms with E-state index in [-0.39, 0.29) is 12.5 Å². The highest BCUT2D eigenvalue weighted by Crippen LogP contribution is 2.55. The first-order valence-electron chi connectivity index (χ1n) is 5.24. The maximum atomic E-state index is 13.2. The van der Waals surface area contributed by atoms with Crippen LogP contribution in [0.15, 0.2) is 0 Å². The van der Waals surface area contributed by atoms with Gasteiger partial charge in [0.05, 0.1) is 12.0 Å². The van der Waals surface area contributed by atoms with Crippen LogP contribution < -0.4 is 0 Å². The number of rotatable bonds is 1. The predicted octanol–water partition coefficient (Wildman–Crippen LogP) is 2.62. The van der Waals surface area contributed by atoms with E-state index in [0.29, 0.717) is 6.54 Å². The summed E-state index contributed by atoms with van der Waals surface area (Å²) in [6.07, 6.45) is -1.38. The molecule has 0 saturated carbocycles. The average Bonchev–Trinajstić information content (AvgIpc) is 2.75. The van der Waals surface area contributed by atoms with Crippen LogP contribution in [-0.2, 0) is 0 Å². The molecule has 2 aliphatic rings. The number of hydrogen-bond acceptors (Lipinski definition) is 3. The van der Waals surface area contributed by atoms with Crippen molar-refractivity contribution in [1.82, 2.24) is 4.90 Å². The molecule has 0 bridgehead atoms. The topological polar surface area (TPSA) is 27.0 Å². The average molecular weight is 250 g/mol. The monoisotopic (exact) mass is 250 g/mol. The van der Waals surface area contributed by atoms with Gasteiger partial charge in [-0.25, -0.2) is 0 Å². The molecule has 0 aromatic carbocycles. The lowest BCUT2D eigenvalue weighted by atomic mass is 9.98. The van der Waals surface area contributed by atoms with Crippen molar-refractivity contribution in [2.45, 2.75) is 36.4 Å². The van der Waals surface area contributed by atoms with Crippen LogP contribution in [0.5, 0.6) is 0 Å². The Balaban J connectivity index is 2.38. The number of nitrogens with zero attached hydrogens (tertiary/aromatic N) is 2. The molecule has 2 rings (SSSR count). The quantitative estimate of drug-likeness (QED) is 0.715. The third-order valence-electron chi connectivity index (χ3n) is 3.67. The molecule has 0 spiro atoms. The highest BCUT2D eigenvalue weighted by Gasteiger charge is 2.66. The predicted molar refractivity (Wildman–Crippen MR) is 55.7 cm³/mol. The van der Waals surface area contributed by atoms with Gasteiger partial charge in [0.25, 0.3) is 0 Å². The van der Waals surface area contributed by atoms with Gasteiger partial charge in [0.2, 0.25) is 0 Å². The Morgan fingerprint density at radius 1 is 1.50 bits per heavy atom. The van der Waals surface area contributed by atoms with E-state index in [2.05, 4.69) is 0 Å². The first kappa shape index (κ1) is 12.1. The molecule has 2 heterocycles. The van der Waals surface area contributed by atoms with Crippen molar-refractivity contribution in [2.24, 2.45) is 5.92 Å². The molecule has 0 aromatic heterocycles. The molecule has 0 N–H and O–H groups in total. The summed E-state index contributed by atoms with van der Waals surface area (Å²) in [6.45, 7) is 0.462. The Hall–Kier alpha value is -0.410. The smallest absolute Gasteiger partial charge is 0.277 e. The summed E-state index contributed by atoms with van der Waals surface area (Å²) in [5, 5.41) is 8.95. The second-order valence-electron chi connectivity index (χ2n) is 4.33.